The van der Waals surface area contributed by atoms with Crippen LogP contribution in [-0.4, -0.2) is 71.6 Å². The van der Waals surface area contributed by atoms with Gasteiger partial charge in [-0.15, -0.1) is 0 Å². The Morgan fingerprint density at radius 3 is 2.50 bits per heavy atom. The van der Waals surface area contributed by atoms with Crippen molar-refractivity contribution in [3.05, 3.63) is 71.7 Å². The summed E-state index contributed by atoms with van der Waals surface area (Å²) in [6, 6.07) is 9.60. The Bertz CT molecular complexity index is 1610. The number of alkyl halides is 3. The van der Waals surface area contributed by atoms with Crippen molar-refractivity contribution in [2.75, 3.05) is 60.2 Å². The van der Waals surface area contributed by atoms with Gasteiger partial charge in [0, 0.05) is 62.0 Å². The van der Waals surface area contributed by atoms with Crippen LogP contribution in [0.5, 0.6) is 0 Å². The van der Waals surface area contributed by atoms with E-state index in [1.807, 2.05) is 11.8 Å². The number of nitrogens with one attached hydrogen (secondary N) is 3. The molecule has 0 saturated carbocycles. The monoisotopic (exact) mass is 580 g/mol. The van der Waals surface area contributed by atoms with E-state index in [9.17, 15) is 22.8 Å². The van der Waals surface area contributed by atoms with Crippen molar-refractivity contribution in [1.29, 1.82) is 0 Å². The topological polar surface area (TPSA) is 109 Å². The molecule has 1 fully saturated rings. The molecule has 3 heterocycles. The number of halogens is 3. The number of fused-ring (bicyclic) bond motifs is 1. The number of anilines is 4. The van der Waals surface area contributed by atoms with E-state index in [0.29, 0.717) is 47.0 Å². The molecule has 0 aliphatic carbocycles. The SMILES string of the molecule is CCN1CCN(c2cc(C(=O)Nc3ccc(C)c(NC(=O)N(C)c4ncnc5[nH]ccc45)c3)cc(C(F)(F)F)c2)CC1. The lowest BCUT2D eigenvalue weighted by atomic mass is 10.1. The van der Waals surface area contributed by atoms with E-state index in [2.05, 4.69) is 30.5 Å². The molecule has 220 valence electrons. The summed E-state index contributed by atoms with van der Waals surface area (Å²) in [5, 5.41) is 6.16. The van der Waals surface area contributed by atoms with Crippen LogP contribution in [0.1, 0.15) is 28.4 Å². The van der Waals surface area contributed by atoms with Crippen molar-refractivity contribution in [2.45, 2.75) is 20.0 Å². The normalized spacial score (nSPS) is 14.2. The molecule has 1 saturated heterocycles. The maximum atomic E-state index is 13.8. The summed E-state index contributed by atoms with van der Waals surface area (Å²) < 4.78 is 41.4. The first-order valence-corrected chi connectivity index (χ1v) is 13.5. The summed E-state index contributed by atoms with van der Waals surface area (Å²) >= 11 is 0. The second-order valence-electron chi connectivity index (χ2n) is 10.1. The molecule has 0 bridgehead atoms. The number of aromatic amines is 1. The molecule has 13 heteroatoms. The minimum absolute atomic E-state index is 0.108. The van der Waals surface area contributed by atoms with Gasteiger partial charge in [-0.25, -0.2) is 14.8 Å². The second-order valence-corrected chi connectivity index (χ2v) is 10.1. The average Bonchev–Trinajstić information content (AvgIpc) is 3.47. The molecule has 0 spiro atoms. The van der Waals surface area contributed by atoms with Crippen LogP contribution >= 0.6 is 0 Å². The van der Waals surface area contributed by atoms with Gasteiger partial charge in [-0.3, -0.25) is 9.69 Å². The molecule has 3 N–H and O–H groups in total. The van der Waals surface area contributed by atoms with Gasteiger partial charge >= 0.3 is 12.2 Å². The molecular formula is C29H31F3N8O2. The number of amides is 3. The smallest absolute Gasteiger partial charge is 0.369 e. The van der Waals surface area contributed by atoms with E-state index in [-0.39, 0.29) is 5.56 Å². The average molecular weight is 581 g/mol. The van der Waals surface area contributed by atoms with E-state index >= 15 is 0 Å². The van der Waals surface area contributed by atoms with E-state index in [1.54, 1.807) is 44.4 Å². The number of aromatic nitrogens is 3. The standard InChI is InChI=1S/C29H31F3N8O2/c1-4-39-9-11-40(12-10-39)22-14-19(13-20(15-22)29(30,31)32)27(41)36-21-6-5-18(2)24(16-21)37-28(42)38(3)26-23-7-8-33-25(23)34-17-35-26/h5-8,13-17H,4,9-12H2,1-3H3,(H,36,41)(H,37,42)(H,33,34,35). The zero-order valence-corrected chi connectivity index (χ0v) is 23.4. The van der Waals surface area contributed by atoms with Crippen LogP contribution in [-0.2, 0) is 6.18 Å². The van der Waals surface area contributed by atoms with Crippen LogP contribution in [0.2, 0.25) is 0 Å². The number of aryl methyl sites for hydroxylation is 1. The molecule has 3 amide bonds. The number of rotatable bonds is 6. The van der Waals surface area contributed by atoms with Crippen molar-refractivity contribution < 1.29 is 22.8 Å². The highest BCUT2D eigenvalue weighted by atomic mass is 19.4. The first-order chi connectivity index (χ1) is 20.0. The van der Waals surface area contributed by atoms with Crippen LogP contribution in [0.25, 0.3) is 11.0 Å². The summed E-state index contributed by atoms with van der Waals surface area (Å²) in [4.78, 5) is 43.1. The fourth-order valence-electron chi connectivity index (χ4n) is 4.87. The first-order valence-electron chi connectivity index (χ1n) is 13.5. The van der Waals surface area contributed by atoms with Crippen LogP contribution in [0.15, 0.2) is 55.0 Å². The lowest BCUT2D eigenvalue weighted by Crippen LogP contribution is -2.46. The Morgan fingerprint density at radius 1 is 1.02 bits per heavy atom. The zero-order valence-electron chi connectivity index (χ0n) is 23.4. The van der Waals surface area contributed by atoms with E-state index < -0.39 is 23.7 Å². The minimum atomic E-state index is -4.61. The number of urea groups is 1. The van der Waals surface area contributed by atoms with Crippen LogP contribution in [0.4, 0.5) is 40.8 Å². The van der Waals surface area contributed by atoms with E-state index in [1.165, 1.54) is 17.3 Å². The van der Waals surface area contributed by atoms with Crippen LogP contribution in [0, 0.1) is 6.92 Å². The summed E-state index contributed by atoms with van der Waals surface area (Å²) in [5.41, 5.74) is 1.40. The molecule has 5 rings (SSSR count). The largest absolute Gasteiger partial charge is 0.416 e. The maximum absolute atomic E-state index is 13.8. The van der Waals surface area contributed by atoms with E-state index in [4.69, 9.17) is 0 Å². The van der Waals surface area contributed by atoms with Gasteiger partial charge in [0.25, 0.3) is 5.91 Å². The van der Waals surface area contributed by atoms with Gasteiger partial charge in [0.2, 0.25) is 0 Å². The lowest BCUT2D eigenvalue weighted by Gasteiger charge is -2.36. The molecular weight excluding hydrogens is 549 g/mol. The molecule has 2 aromatic heterocycles. The molecule has 1 aliphatic rings. The predicted octanol–water partition coefficient (Wildman–Crippen LogP) is 5.35. The fraction of sp³-hybridized carbons (Fsp3) is 0.310. The van der Waals surface area contributed by atoms with Crippen molar-refractivity contribution in [2.24, 2.45) is 0 Å². The van der Waals surface area contributed by atoms with Crippen molar-refractivity contribution in [3.8, 4) is 0 Å². The number of piperazine rings is 1. The number of carbonyl (C=O) groups excluding carboxylic acids is 2. The number of benzene rings is 2. The maximum Gasteiger partial charge on any atom is 0.416 e. The molecule has 0 atom stereocenters. The molecule has 10 nitrogen and oxygen atoms in total. The Morgan fingerprint density at radius 2 is 1.79 bits per heavy atom. The highest BCUT2D eigenvalue weighted by Crippen LogP contribution is 2.34. The molecule has 4 aromatic rings. The van der Waals surface area contributed by atoms with Gasteiger partial charge in [-0.05, 0) is 55.4 Å². The first kappa shape index (κ1) is 28.9. The van der Waals surface area contributed by atoms with Crippen molar-refractivity contribution >= 4 is 45.9 Å². The predicted molar refractivity (Wildman–Crippen MR) is 156 cm³/mol. The van der Waals surface area contributed by atoms with Gasteiger partial charge < -0.3 is 25.4 Å². The number of H-pyrrole nitrogens is 1. The van der Waals surface area contributed by atoms with Gasteiger partial charge in [-0.2, -0.15) is 13.2 Å². The number of nitrogens with zero attached hydrogens (tertiary/aromatic N) is 5. The van der Waals surface area contributed by atoms with Gasteiger partial charge in [-0.1, -0.05) is 13.0 Å². The summed E-state index contributed by atoms with van der Waals surface area (Å²) in [7, 11) is 1.57. The summed E-state index contributed by atoms with van der Waals surface area (Å²) in [5.74, 6) is -0.291. The van der Waals surface area contributed by atoms with Crippen molar-refractivity contribution in [3.63, 3.8) is 0 Å². The highest BCUT2D eigenvalue weighted by molar-refractivity contribution is 6.07. The fourth-order valence-corrected chi connectivity index (χ4v) is 4.87. The third-order valence-electron chi connectivity index (χ3n) is 7.38. The molecule has 2 aromatic carbocycles. The Hall–Kier alpha value is -4.65. The lowest BCUT2D eigenvalue weighted by molar-refractivity contribution is -0.137. The molecule has 0 radical (unpaired) electrons. The number of hydrogen-bond donors (Lipinski definition) is 3. The Balaban J connectivity index is 1.35. The summed E-state index contributed by atoms with van der Waals surface area (Å²) in [6.07, 6.45) is -1.56. The van der Waals surface area contributed by atoms with Gasteiger partial charge in [0.15, 0.2) is 0 Å². The summed E-state index contributed by atoms with van der Waals surface area (Å²) in [6.45, 7) is 7.29. The minimum Gasteiger partial charge on any atom is -0.369 e. The van der Waals surface area contributed by atoms with Gasteiger partial charge in [0.05, 0.1) is 10.9 Å². The molecule has 0 unspecified atom stereocenters. The van der Waals surface area contributed by atoms with Crippen LogP contribution < -0.4 is 20.4 Å². The Labute approximate surface area is 240 Å². The number of carbonyl (C=O) groups is 2. The number of hydrogen-bond acceptors (Lipinski definition) is 6. The van der Waals surface area contributed by atoms with Gasteiger partial charge in [0.1, 0.15) is 17.8 Å². The Kier molecular flexibility index (Phi) is 8.03. The van der Waals surface area contributed by atoms with E-state index in [0.717, 1.165) is 37.3 Å². The zero-order chi connectivity index (χ0) is 30.0. The van der Waals surface area contributed by atoms with Crippen LogP contribution in [0.3, 0.4) is 0 Å². The quantitative estimate of drug-likeness (QED) is 0.284. The molecule has 42 heavy (non-hydrogen) atoms. The van der Waals surface area contributed by atoms with Crippen molar-refractivity contribution in [1.82, 2.24) is 19.9 Å². The number of likely N-dealkylation sites (N-methyl/N-ethyl adjacent to an activating group) is 1. The highest BCUT2D eigenvalue weighted by Gasteiger charge is 2.33. The third-order valence-corrected chi connectivity index (χ3v) is 7.38. The second kappa shape index (κ2) is 11.7. The molecule has 1 aliphatic heterocycles. The third kappa shape index (κ3) is 6.15.